The van der Waals surface area contributed by atoms with Gasteiger partial charge >= 0.3 is 6.18 Å². The Morgan fingerprint density at radius 1 is 0.974 bits per heavy atom. The lowest BCUT2D eigenvalue weighted by Crippen LogP contribution is -2.37. The van der Waals surface area contributed by atoms with Gasteiger partial charge in [-0.05, 0) is 78.6 Å². The number of tetrazole rings is 1. The molecule has 0 atom stereocenters. The molecule has 2 heterocycles. The molecule has 7 nitrogen and oxygen atoms in total. The number of likely N-dealkylation sites (tertiary alicyclic amines) is 1. The number of nitrogens with one attached hydrogen (secondary N) is 1. The predicted molar refractivity (Wildman–Crippen MR) is 138 cm³/mol. The monoisotopic (exact) mass is 547 g/mol. The van der Waals surface area contributed by atoms with E-state index < -0.39 is 26.5 Å². The Hall–Kier alpha value is -2.79. The molecule has 0 amide bonds. The van der Waals surface area contributed by atoms with Crippen molar-refractivity contribution in [1.29, 1.82) is 0 Å². The number of piperidine rings is 1. The van der Waals surface area contributed by atoms with Gasteiger partial charge in [0.1, 0.15) is 0 Å². The van der Waals surface area contributed by atoms with Gasteiger partial charge in [-0.25, -0.2) is 8.42 Å². The second-order valence-electron chi connectivity index (χ2n) is 10.6. The first-order chi connectivity index (χ1) is 18.1. The van der Waals surface area contributed by atoms with Gasteiger partial charge in [-0.3, -0.25) is 0 Å². The molecule has 1 N–H and O–H groups in total. The van der Waals surface area contributed by atoms with Crippen LogP contribution in [0.4, 0.5) is 13.2 Å². The van der Waals surface area contributed by atoms with E-state index in [4.69, 9.17) is 0 Å². The Morgan fingerprint density at radius 2 is 1.66 bits per heavy atom. The summed E-state index contributed by atoms with van der Waals surface area (Å²) in [6.07, 6.45) is 4.79. The molecule has 0 radical (unpaired) electrons. The van der Waals surface area contributed by atoms with E-state index >= 15 is 0 Å². The number of H-pyrrole nitrogens is 1. The average molecular weight is 548 g/mol. The first-order valence-electron chi connectivity index (χ1n) is 13.1. The number of benzene rings is 2. The maximum Gasteiger partial charge on any atom is 0.417 e. The molecule has 5 rings (SSSR count). The molecular weight excluding hydrogens is 515 g/mol. The second-order valence-corrected chi connectivity index (χ2v) is 12.5. The van der Waals surface area contributed by atoms with E-state index in [0.29, 0.717) is 17.0 Å². The maximum absolute atomic E-state index is 13.8. The average Bonchev–Trinajstić information content (AvgIpc) is 3.43. The Balaban J connectivity index is 1.41. The highest BCUT2D eigenvalue weighted by Gasteiger charge is 2.39. The Kier molecular flexibility index (Phi) is 7.59. The molecule has 1 aliphatic heterocycles. The van der Waals surface area contributed by atoms with Crippen molar-refractivity contribution in [3.63, 3.8) is 0 Å². The number of hydrogen-bond acceptors (Lipinski definition) is 6. The number of aromatic nitrogens is 4. The molecule has 2 fully saturated rings. The fraction of sp³-hybridized carbons (Fsp3) is 0.519. The molecule has 204 valence electrons. The molecule has 1 aromatic heterocycles. The number of halogens is 3. The molecule has 2 aliphatic rings. The SMILES string of the molecule is CS(=O)(=O)c1c(C(F)(F)F)ccc(-c2ccc(C3CCN(CC4CCCCC4)CC3)cc2)c1-c1nn[nH]n1. The third-order valence-electron chi connectivity index (χ3n) is 7.92. The van der Waals surface area contributed by atoms with Crippen LogP contribution in [0.25, 0.3) is 22.5 Å². The van der Waals surface area contributed by atoms with E-state index in [1.54, 1.807) is 0 Å². The molecule has 0 spiro atoms. The minimum atomic E-state index is -4.87. The highest BCUT2D eigenvalue weighted by Crippen LogP contribution is 2.43. The number of aromatic amines is 1. The summed E-state index contributed by atoms with van der Waals surface area (Å²) in [7, 11) is -4.29. The van der Waals surface area contributed by atoms with E-state index in [2.05, 4.69) is 25.5 Å². The van der Waals surface area contributed by atoms with Crippen molar-refractivity contribution in [3.8, 4) is 22.5 Å². The zero-order valence-corrected chi connectivity index (χ0v) is 22.2. The summed E-state index contributed by atoms with van der Waals surface area (Å²) in [5.74, 6) is 1.04. The molecule has 1 saturated carbocycles. The third kappa shape index (κ3) is 5.78. The Bertz CT molecular complexity index is 1340. The van der Waals surface area contributed by atoms with Crippen molar-refractivity contribution in [2.24, 2.45) is 5.92 Å². The van der Waals surface area contributed by atoms with Crippen LogP contribution in [0.2, 0.25) is 0 Å². The van der Waals surface area contributed by atoms with Crippen LogP contribution in [-0.4, -0.2) is 59.8 Å². The van der Waals surface area contributed by atoms with Crippen LogP contribution in [0.15, 0.2) is 41.3 Å². The summed E-state index contributed by atoms with van der Waals surface area (Å²) in [6.45, 7) is 3.34. The Labute approximate surface area is 220 Å². The summed E-state index contributed by atoms with van der Waals surface area (Å²) in [6, 6.07) is 9.75. The van der Waals surface area contributed by atoms with Crippen LogP contribution in [0.3, 0.4) is 0 Å². The van der Waals surface area contributed by atoms with Crippen LogP contribution < -0.4 is 0 Å². The van der Waals surface area contributed by atoms with Crippen LogP contribution in [-0.2, 0) is 16.0 Å². The fourth-order valence-corrected chi connectivity index (χ4v) is 7.20. The molecule has 2 aromatic carbocycles. The van der Waals surface area contributed by atoms with Crippen molar-refractivity contribution in [3.05, 3.63) is 47.5 Å². The van der Waals surface area contributed by atoms with E-state index in [1.165, 1.54) is 50.3 Å². The Morgan fingerprint density at radius 3 is 2.24 bits per heavy atom. The molecule has 1 aliphatic carbocycles. The molecule has 1 saturated heterocycles. The lowest BCUT2D eigenvalue weighted by Gasteiger charge is -2.35. The van der Waals surface area contributed by atoms with E-state index in [9.17, 15) is 21.6 Å². The number of hydrogen-bond donors (Lipinski definition) is 1. The van der Waals surface area contributed by atoms with Gasteiger partial charge in [0, 0.05) is 12.8 Å². The summed E-state index contributed by atoms with van der Waals surface area (Å²) >= 11 is 0. The summed E-state index contributed by atoms with van der Waals surface area (Å²) in [5.41, 5.74) is 0.609. The van der Waals surface area contributed by atoms with E-state index in [0.717, 1.165) is 44.2 Å². The van der Waals surface area contributed by atoms with E-state index in [-0.39, 0.29) is 11.4 Å². The predicted octanol–water partition coefficient (Wildman–Crippen LogP) is 5.72. The topological polar surface area (TPSA) is 91.8 Å². The summed E-state index contributed by atoms with van der Waals surface area (Å²) < 4.78 is 66.7. The number of sulfone groups is 1. The molecule has 3 aromatic rings. The largest absolute Gasteiger partial charge is 0.417 e. The lowest BCUT2D eigenvalue weighted by atomic mass is 9.86. The van der Waals surface area contributed by atoms with Crippen molar-refractivity contribution in [1.82, 2.24) is 25.5 Å². The fourth-order valence-electron chi connectivity index (χ4n) is 6.04. The smallest absolute Gasteiger partial charge is 0.303 e. The summed E-state index contributed by atoms with van der Waals surface area (Å²) in [5, 5.41) is 13.3. The molecular formula is C27H32F3N5O2S. The highest BCUT2D eigenvalue weighted by molar-refractivity contribution is 7.91. The standard InChI is InChI=1S/C27H32F3N5O2S/c1-38(36,37)25-23(27(28,29)30)12-11-22(24(25)26-31-33-34-32-26)21-9-7-19(8-10-21)20-13-15-35(16-14-20)17-18-5-3-2-4-6-18/h7-12,18,20H,2-6,13-17H2,1H3,(H,31,32,33,34). The number of nitrogens with zero attached hydrogens (tertiary/aromatic N) is 4. The van der Waals surface area contributed by atoms with Crippen molar-refractivity contribution < 1.29 is 21.6 Å². The second kappa shape index (κ2) is 10.8. The van der Waals surface area contributed by atoms with Crippen molar-refractivity contribution >= 4 is 9.84 Å². The molecule has 38 heavy (non-hydrogen) atoms. The minimum absolute atomic E-state index is 0.207. The van der Waals surface area contributed by atoms with Gasteiger partial charge in [-0.1, -0.05) is 49.6 Å². The quantitative estimate of drug-likeness (QED) is 0.425. The zero-order chi connectivity index (χ0) is 26.9. The normalized spacial score (nSPS) is 18.6. The van der Waals surface area contributed by atoms with Gasteiger partial charge in [0.05, 0.1) is 16.0 Å². The van der Waals surface area contributed by atoms with Crippen LogP contribution >= 0.6 is 0 Å². The molecule has 11 heteroatoms. The van der Waals surface area contributed by atoms with Crippen LogP contribution in [0, 0.1) is 5.92 Å². The van der Waals surface area contributed by atoms with Crippen LogP contribution in [0.1, 0.15) is 62.0 Å². The van der Waals surface area contributed by atoms with Crippen LogP contribution in [0.5, 0.6) is 0 Å². The summed E-state index contributed by atoms with van der Waals surface area (Å²) in [4.78, 5) is 1.74. The first-order valence-corrected chi connectivity index (χ1v) is 15.0. The minimum Gasteiger partial charge on any atom is -0.303 e. The molecule has 0 bridgehead atoms. The van der Waals surface area contributed by atoms with E-state index in [1.807, 2.05) is 24.3 Å². The van der Waals surface area contributed by atoms with Gasteiger partial charge < -0.3 is 4.90 Å². The lowest BCUT2D eigenvalue weighted by molar-refractivity contribution is -0.139. The van der Waals surface area contributed by atoms with Gasteiger partial charge in [0.25, 0.3) is 0 Å². The zero-order valence-electron chi connectivity index (χ0n) is 21.3. The highest BCUT2D eigenvalue weighted by atomic mass is 32.2. The first kappa shape index (κ1) is 26.8. The van der Waals surface area contributed by atoms with Gasteiger partial charge in [-0.15, -0.1) is 10.2 Å². The van der Waals surface area contributed by atoms with Crippen molar-refractivity contribution in [2.45, 2.75) is 61.9 Å². The van der Waals surface area contributed by atoms with Crippen molar-refractivity contribution in [2.75, 3.05) is 25.9 Å². The maximum atomic E-state index is 13.8. The van der Waals surface area contributed by atoms with Gasteiger partial charge in [0.2, 0.25) is 5.82 Å². The third-order valence-corrected chi connectivity index (χ3v) is 9.09. The van der Waals surface area contributed by atoms with Gasteiger partial charge in [-0.2, -0.15) is 18.4 Å². The number of alkyl halides is 3. The number of rotatable bonds is 6. The van der Waals surface area contributed by atoms with Gasteiger partial charge in [0.15, 0.2) is 9.84 Å². The molecule has 0 unspecified atom stereocenters.